The van der Waals surface area contributed by atoms with E-state index in [-0.39, 0.29) is 0 Å². The molecule has 0 fully saturated rings. The molecule has 19 heavy (non-hydrogen) atoms. The molecule has 110 valence electrons. The topological polar surface area (TPSA) is 0 Å². The van der Waals surface area contributed by atoms with Crippen molar-refractivity contribution in [1.29, 1.82) is 0 Å². The minimum atomic E-state index is -1.78. The zero-order valence-corrected chi connectivity index (χ0v) is 15.4. The van der Waals surface area contributed by atoms with Gasteiger partial charge in [-0.15, -0.1) is 0 Å². The summed E-state index contributed by atoms with van der Waals surface area (Å²) in [5, 5.41) is 2.57. The average Bonchev–Trinajstić information content (AvgIpc) is 2.12. The van der Waals surface area contributed by atoms with Gasteiger partial charge in [-0.2, -0.15) is 0 Å². The number of hydrogen-bond donors (Lipinski definition) is 0. The van der Waals surface area contributed by atoms with Gasteiger partial charge in [0.05, 0.1) is 0 Å². The van der Waals surface area contributed by atoms with Gasteiger partial charge in [0.2, 0.25) is 0 Å². The fraction of sp³-hybridized carbons (Fsp3) is 0.667. The first-order valence-electron chi connectivity index (χ1n) is 7.41. The first-order valence-corrected chi connectivity index (χ1v) is 9.41. The van der Waals surface area contributed by atoms with Crippen LogP contribution >= 0.6 is 7.26 Å². The summed E-state index contributed by atoms with van der Waals surface area (Å²) in [6.07, 6.45) is 0. The van der Waals surface area contributed by atoms with Crippen LogP contribution in [0.15, 0.2) is 30.3 Å². The summed E-state index contributed by atoms with van der Waals surface area (Å²) in [6, 6.07) is 11.3. The molecular weight excluding hydrogens is 247 g/mol. The third-order valence-electron chi connectivity index (χ3n) is 4.58. The molecule has 0 bridgehead atoms. The van der Waals surface area contributed by atoms with Gasteiger partial charge in [0.1, 0.15) is 0 Å². The molecule has 0 unspecified atom stereocenters. The van der Waals surface area contributed by atoms with Crippen LogP contribution in [-0.2, 0) is 0 Å². The molecule has 0 aliphatic rings. The SMILES string of the molecule is CC(C)(C)[PH](c1ccccc1)(C(C)(C)C)C(C)(C)C. The third-order valence-corrected chi connectivity index (χ3v) is 12.5. The minimum absolute atomic E-state index is 0.324. The Labute approximate surface area is 121 Å². The summed E-state index contributed by atoms with van der Waals surface area (Å²) in [7, 11) is -1.78. The molecule has 0 aliphatic carbocycles. The van der Waals surface area contributed by atoms with Crippen LogP contribution < -0.4 is 5.30 Å². The first kappa shape index (κ1) is 16.7. The van der Waals surface area contributed by atoms with Crippen LogP contribution in [0.25, 0.3) is 0 Å². The van der Waals surface area contributed by atoms with Gasteiger partial charge in [0, 0.05) is 0 Å². The van der Waals surface area contributed by atoms with Gasteiger partial charge in [-0.05, 0) is 0 Å². The normalized spacial score (nSPS) is 15.4. The maximum atomic E-state index is 2.45. The van der Waals surface area contributed by atoms with Crippen molar-refractivity contribution in [2.75, 3.05) is 0 Å². The van der Waals surface area contributed by atoms with Gasteiger partial charge < -0.3 is 0 Å². The Kier molecular flexibility index (Phi) is 4.29. The van der Waals surface area contributed by atoms with E-state index in [0.29, 0.717) is 15.5 Å². The maximum absolute atomic E-state index is 2.45. The summed E-state index contributed by atoms with van der Waals surface area (Å²) < 4.78 is 0. The molecule has 1 heteroatoms. The van der Waals surface area contributed by atoms with E-state index in [9.17, 15) is 0 Å². The van der Waals surface area contributed by atoms with Crippen molar-refractivity contribution >= 4 is 12.6 Å². The number of hydrogen-bond acceptors (Lipinski definition) is 0. The van der Waals surface area contributed by atoms with Crippen LogP contribution in [-0.4, -0.2) is 15.5 Å². The second kappa shape index (κ2) is 4.88. The van der Waals surface area contributed by atoms with Crippen LogP contribution in [0.2, 0.25) is 0 Å². The van der Waals surface area contributed by atoms with E-state index >= 15 is 0 Å². The summed E-state index contributed by atoms with van der Waals surface area (Å²) in [6.45, 7) is 22.0. The first-order chi connectivity index (χ1) is 8.36. The predicted octanol–water partition coefficient (Wildman–Crippen LogP) is 5.46. The Morgan fingerprint density at radius 3 is 1.16 bits per heavy atom. The molecule has 0 aliphatic heterocycles. The van der Waals surface area contributed by atoms with Crippen molar-refractivity contribution < 1.29 is 0 Å². The van der Waals surface area contributed by atoms with E-state index in [1.165, 1.54) is 0 Å². The molecule has 0 heterocycles. The molecular formula is C18H33P. The summed E-state index contributed by atoms with van der Waals surface area (Å²) in [5.41, 5.74) is 0. The van der Waals surface area contributed by atoms with Crippen molar-refractivity contribution in [2.45, 2.75) is 77.8 Å². The molecule has 1 aromatic carbocycles. The van der Waals surface area contributed by atoms with Crippen molar-refractivity contribution in [1.82, 2.24) is 0 Å². The Morgan fingerprint density at radius 1 is 0.579 bits per heavy atom. The second-order valence-electron chi connectivity index (χ2n) is 8.87. The molecule has 0 nitrogen and oxygen atoms in total. The zero-order chi connectivity index (χ0) is 15.1. The Balaban J connectivity index is 3.76. The Hall–Kier alpha value is -0.350. The number of rotatable bonds is 1. The van der Waals surface area contributed by atoms with Gasteiger partial charge >= 0.3 is 121 Å². The predicted molar refractivity (Wildman–Crippen MR) is 93.7 cm³/mol. The average molecular weight is 280 g/mol. The molecule has 0 N–H and O–H groups in total. The monoisotopic (exact) mass is 280 g/mol. The summed E-state index contributed by atoms with van der Waals surface area (Å²) >= 11 is 0. The molecule has 0 atom stereocenters. The van der Waals surface area contributed by atoms with Crippen molar-refractivity contribution in [3.8, 4) is 0 Å². The summed E-state index contributed by atoms with van der Waals surface area (Å²) in [4.78, 5) is 0. The fourth-order valence-corrected chi connectivity index (χ4v) is 15.4. The molecule has 0 aromatic heterocycles. The molecule has 1 rings (SSSR count). The molecule has 0 saturated heterocycles. The fourth-order valence-electron chi connectivity index (χ4n) is 5.36. The molecule has 1 aromatic rings. The van der Waals surface area contributed by atoms with E-state index in [1.807, 2.05) is 0 Å². The number of benzene rings is 1. The standard InChI is InChI=1S/C18H33P/c1-16(2,3)19(17(4,5)6,18(7,8)9)15-13-11-10-12-14-15/h10-14,19H,1-9H3. The van der Waals surface area contributed by atoms with Crippen LogP contribution in [0.1, 0.15) is 62.3 Å². The van der Waals surface area contributed by atoms with Crippen LogP contribution in [0.5, 0.6) is 0 Å². The third kappa shape index (κ3) is 2.62. The Morgan fingerprint density at radius 2 is 0.895 bits per heavy atom. The second-order valence-corrected chi connectivity index (χ2v) is 15.4. The van der Waals surface area contributed by atoms with E-state index in [1.54, 1.807) is 5.30 Å². The van der Waals surface area contributed by atoms with Crippen molar-refractivity contribution in [2.24, 2.45) is 0 Å². The van der Waals surface area contributed by atoms with Crippen LogP contribution in [0, 0.1) is 0 Å². The molecule has 0 spiro atoms. The van der Waals surface area contributed by atoms with Gasteiger partial charge in [-0.25, -0.2) is 0 Å². The van der Waals surface area contributed by atoms with Gasteiger partial charge in [0.15, 0.2) is 0 Å². The summed E-state index contributed by atoms with van der Waals surface area (Å²) in [5.74, 6) is 0. The molecule has 0 amide bonds. The van der Waals surface area contributed by atoms with Gasteiger partial charge in [-0.1, -0.05) is 0 Å². The zero-order valence-electron chi connectivity index (χ0n) is 14.4. The van der Waals surface area contributed by atoms with E-state index in [4.69, 9.17) is 0 Å². The van der Waals surface area contributed by atoms with E-state index in [2.05, 4.69) is 92.6 Å². The van der Waals surface area contributed by atoms with Gasteiger partial charge in [-0.3, -0.25) is 0 Å². The van der Waals surface area contributed by atoms with E-state index < -0.39 is 7.26 Å². The van der Waals surface area contributed by atoms with E-state index in [0.717, 1.165) is 0 Å². The Bertz CT molecular complexity index is 374. The van der Waals surface area contributed by atoms with Gasteiger partial charge in [0.25, 0.3) is 0 Å². The molecule has 0 radical (unpaired) electrons. The van der Waals surface area contributed by atoms with Crippen LogP contribution in [0.3, 0.4) is 0 Å². The molecule has 0 saturated carbocycles. The quantitative estimate of drug-likeness (QED) is 0.599. The van der Waals surface area contributed by atoms with Crippen molar-refractivity contribution in [3.63, 3.8) is 0 Å². The van der Waals surface area contributed by atoms with Crippen molar-refractivity contribution in [3.05, 3.63) is 30.3 Å². The van der Waals surface area contributed by atoms with Crippen LogP contribution in [0.4, 0.5) is 0 Å².